The average molecular weight is 375 g/mol. The minimum atomic E-state index is 0.0966. The standard InChI is InChI=1S/C20H29N3O4/c1-21-10-15-11-23(12-17(21)14-27-13-15)20(24)16-3-4-19(25-2)18(9-16)22-5-7-26-8-6-22/h3-4,9,15,17H,5-8,10-14H2,1-2H3/t15-,17+/m1/s1. The normalized spacial score (nSPS) is 26.6. The van der Waals surface area contributed by atoms with Crippen LogP contribution in [0.2, 0.25) is 0 Å². The van der Waals surface area contributed by atoms with Crippen molar-refractivity contribution in [2.75, 3.05) is 78.2 Å². The highest BCUT2D eigenvalue weighted by molar-refractivity contribution is 5.95. The maximum absolute atomic E-state index is 13.3. The van der Waals surface area contributed by atoms with Crippen LogP contribution in [0.5, 0.6) is 5.75 Å². The van der Waals surface area contributed by atoms with Crippen molar-refractivity contribution in [3.05, 3.63) is 23.8 Å². The van der Waals surface area contributed by atoms with E-state index in [1.165, 1.54) is 0 Å². The summed E-state index contributed by atoms with van der Waals surface area (Å²) in [5.41, 5.74) is 1.70. The van der Waals surface area contributed by atoms with Gasteiger partial charge in [-0.3, -0.25) is 9.69 Å². The third kappa shape index (κ3) is 3.90. The number of nitrogens with zero attached hydrogens (tertiary/aromatic N) is 3. The third-order valence-electron chi connectivity index (χ3n) is 5.81. The van der Waals surface area contributed by atoms with Gasteiger partial charge in [-0.1, -0.05) is 0 Å². The Morgan fingerprint density at radius 2 is 1.93 bits per heavy atom. The molecule has 7 nitrogen and oxygen atoms in total. The van der Waals surface area contributed by atoms with Crippen LogP contribution in [-0.2, 0) is 9.47 Å². The summed E-state index contributed by atoms with van der Waals surface area (Å²) in [5.74, 6) is 1.26. The lowest BCUT2D eigenvalue weighted by Gasteiger charge is -2.32. The first-order valence-corrected chi connectivity index (χ1v) is 9.73. The Kier molecular flexibility index (Phi) is 5.52. The molecule has 1 amide bonds. The summed E-state index contributed by atoms with van der Waals surface area (Å²) >= 11 is 0. The molecule has 27 heavy (non-hydrogen) atoms. The minimum Gasteiger partial charge on any atom is -0.495 e. The average Bonchev–Trinajstić information content (AvgIpc) is 2.96. The minimum absolute atomic E-state index is 0.0966. The second kappa shape index (κ2) is 8.04. The van der Waals surface area contributed by atoms with Crippen LogP contribution < -0.4 is 9.64 Å². The fourth-order valence-electron chi connectivity index (χ4n) is 4.27. The molecule has 3 heterocycles. The van der Waals surface area contributed by atoms with Crippen LogP contribution in [0.4, 0.5) is 5.69 Å². The summed E-state index contributed by atoms with van der Waals surface area (Å²) < 4.78 is 16.8. The van der Waals surface area contributed by atoms with E-state index in [9.17, 15) is 4.79 Å². The van der Waals surface area contributed by atoms with Gasteiger partial charge in [-0.05, 0) is 25.2 Å². The SMILES string of the molecule is COc1ccc(C(=O)N2C[C@@H]3COC[C@H](C2)N(C)C3)cc1N1CCOCC1. The van der Waals surface area contributed by atoms with Crippen LogP contribution in [0.15, 0.2) is 18.2 Å². The van der Waals surface area contributed by atoms with E-state index in [1.807, 2.05) is 23.1 Å². The van der Waals surface area contributed by atoms with Gasteiger partial charge in [-0.15, -0.1) is 0 Å². The van der Waals surface area contributed by atoms with Crippen molar-refractivity contribution >= 4 is 11.6 Å². The molecule has 3 fully saturated rings. The Hall–Kier alpha value is -1.83. The number of morpholine rings is 1. The highest BCUT2D eigenvalue weighted by atomic mass is 16.5. The van der Waals surface area contributed by atoms with Gasteiger partial charge in [-0.2, -0.15) is 0 Å². The molecule has 3 saturated heterocycles. The molecule has 7 heteroatoms. The predicted octanol–water partition coefficient (Wildman–Crippen LogP) is 0.934. The maximum atomic E-state index is 13.3. The van der Waals surface area contributed by atoms with Crippen molar-refractivity contribution in [3.8, 4) is 5.75 Å². The molecule has 2 bridgehead atoms. The summed E-state index contributed by atoms with van der Waals surface area (Å²) in [7, 11) is 3.80. The number of amides is 1. The number of likely N-dealkylation sites (N-methyl/N-ethyl adjacent to an activating group) is 1. The first-order chi connectivity index (χ1) is 13.2. The number of benzene rings is 1. The van der Waals surface area contributed by atoms with E-state index in [4.69, 9.17) is 14.2 Å². The first-order valence-electron chi connectivity index (χ1n) is 9.73. The lowest BCUT2D eigenvalue weighted by Crippen LogP contribution is -2.44. The lowest BCUT2D eigenvalue weighted by atomic mass is 10.1. The zero-order valence-electron chi connectivity index (χ0n) is 16.2. The quantitative estimate of drug-likeness (QED) is 0.784. The molecule has 4 rings (SSSR count). The Morgan fingerprint density at radius 3 is 2.70 bits per heavy atom. The molecule has 0 aromatic heterocycles. The molecule has 3 aliphatic rings. The number of anilines is 1. The molecule has 0 aliphatic carbocycles. The number of carbonyl (C=O) groups excluding carboxylic acids is 1. The van der Waals surface area contributed by atoms with E-state index in [0.29, 0.717) is 32.3 Å². The Morgan fingerprint density at radius 1 is 1.11 bits per heavy atom. The van der Waals surface area contributed by atoms with Crippen molar-refractivity contribution < 1.29 is 19.0 Å². The third-order valence-corrected chi connectivity index (χ3v) is 5.81. The first kappa shape index (κ1) is 18.5. The Bertz CT molecular complexity index is 677. The van der Waals surface area contributed by atoms with Gasteiger partial charge in [-0.25, -0.2) is 0 Å². The molecule has 1 aromatic carbocycles. The molecule has 148 valence electrons. The molecular weight excluding hydrogens is 346 g/mol. The van der Waals surface area contributed by atoms with Crippen LogP contribution >= 0.6 is 0 Å². The molecule has 3 aliphatic heterocycles. The monoisotopic (exact) mass is 375 g/mol. The van der Waals surface area contributed by atoms with Gasteiger partial charge in [0.2, 0.25) is 0 Å². The fourth-order valence-corrected chi connectivity index (χ4v) is 4.27. The van der Waals surface area contributed by atoms with Crippen LogP contribution in [0.25, 0.3) is 0 Å². The molecule has 0 unspecified atom stereocenters. The predicted molar refractivity (Wildman–Crippen MR) is 103 cm³/mol. The number of rotatable bonds is 3. The van der Waals surface area contributed by atoms with Crippen molar-refractivity contribution in [3.63, 3.8) is 0 Å². The number of ether oxygens (including phenoxy) is 3. The summed E-state index contributed by atoms with van der Waals surface area (Å²) in [6.45, 7) is 6.88. The zero-order valence-corrected chi connectivity index (χ0v) is 16.2. The van der Waals surface area contributed by atoms with Crippen LogP contribution in [0.1, 0.15) is 10.4 Å². The van der Waals surface area contributed by atoms with E-state index < -0.39 is 0 Å². The molecule has 2 atom stereocenters. The second-order valence-electron chi connectivity index (χ2n) is 7.69. The number of methoxy groups -OCH3 is 1. The number of carbonyl (C=O) groups is 1. The zero-order chi connectivity index (χ0) is 18.8. The van der Waals surface area contributed by atoms with Gasteiger partial charge in [0.15, 0.2) is 0 Å². The Balaban J connectivity index is 1.58. The highest BCUT2D eigenvalue weighted by Crippen LogP contribution is 2.31. The number of fused-ring (bicyclic) bond motifs is 3. The van der Waals surface area contributed by atoms with Crippen LogP contribution in [-0.4, -0.2) is 95.1 Å². The fraction of sp³-hybridized carbons (Fsp3) is 0.650. The van der Waals surface area contributed by atoms with Crippen molar-refractivity contribution in [2.24, 2.45) is 5.92 Å². The second-order valence-corrected chi connectivity index (χ2v) is 7.69. The lowest BCUT2D eigenvalue weighted by molar-refractivity contribution is 0.0433. The Labute approximate surface area is 160 Å². The summed E-state index contributed by atoms with van der Waals surface area (Å²) in [6.07, 6.45) is 0. The van der Waals surface area contributed by atoms with Crippen molar-refractivity contribution in [1.82, 2.24) is 9.80 Å². The van der Waals surface area contributed by atoms with E-state index in [0.717, 1.165) is 49.8 Å². The number of hydrogen-bond donors (Lipinski definition) is 0. The molecule has 0 saturated carbocycles. The smallest absolute Gasteiger partial charge is 0.253 e. The van der Waals surface area contributed by atoms with Gasteiger partial charge in [0.25, 0.3) is 5.91 Å². The van der Waals surface area contributed by atoms with E-state index in [2.05, 4.69) is 16.8 Å². The van der Waals surface area contributed by atoms with Gasteiger partial charge in [0.1, 0.15) is 5.75 Å². The van der Waals surface area contributed by atoms with Crippen LogP contribution in [0, 0.1) is 5.92 Å². The van der Waals surface area contributed by atoms with E-state index in [-0.39, 0.29) is 11.9 Å². The topological polar surface area (TPSA) is 54.5 Å². The molecule has 0 N–H and O–H groups in total. The molecule has 0 radical (unpaired) electrons. The largest absolute Gasteiger partial charge is 0.495 e. The van der Waals surface area contributed by atoms with Crippen molar-refractivity contribution in [2.45, 2.75) is 6.04 Å². The molecular formula is C20H29N3O4. The summed E-state index contributed by atoms with van der Waals surface area (Å²) in [5, 5.41) is 0. The highest BCUT2D eigenvalue weighted by Gasteiger charge is 2.34. The number of hydrogen-bond acceptors (Lipinski definition) is 6. The van der Waals surface area contributed by atoms with Gasteiger partial charge in [0.05, 0.1) is 45.3 Å². The summed E-state index contributed by atoms with van der Waals surface area (Å²) in [6, 6.07) is 6.03. The van der Waals surface area contributed by atoms with Crippen molar-refractivity contribution in [1.29, 1.82) is 0 Å². The van der Waals surface area contributed by atoms with Gasteiger partial charge < -0.3 is 24.0 Å². The van der Waals surface area contributed by atoms with E-state index >= 15 is 0 Å². The van der Waals surface area contributed by atoms with Gasteiger partial charge >= 0.3 is 0 Å². The van der Waals surface area contributed by atoms with Crippen LogP contribution in [0.3, 0.4) is 0 Å². The van der Waals surface area contributed by atoms with Gasteiger partial charge in [0, 0.05) is 44.2 Å². The molecule has 1 aromatic rings. The summed E-state index contributed by atoms with van der Waals surface area (Å²) in [4.78, 5) is 19.9. The van der Waals surface area contributed by atoms with E-state index in [1.54, 1.807) is 7.11 Å². The maximum Gasteiger partial charge on any atom is 0.253 e. The molecule has 0 spiro atoms.